The van der Waals surface area contributed by atoms with Crippen LogP contribution in [-0.4, -0.2) is 4.83 Å². The molecule has 0 spiro atoms. The Morgan fingerprint density at radius 1 is 1.54 bits per heavy atom. The highest BCUT2D eigenvalue weighted by atomic mass is 79.9. The Morgan fingerprint density at radius 2 is 2.23 bits per heavy atom. The topological polar surface area (TPSA) is 0 Å². The molecule has 1 unspecified atom stereocenters. The van der Waals surface area contributed by atoms with Crippen LogP contribution in [0.1, 0.15) is 32.8 Å². The maximum absolute atomic E-state index is 3.62. The van der Waals surface area contributed by atoms with E-state index in [2.05, 4.69) is 53.5 Å². The predicted molar refractivity (Wildman–Crippen MR) is 64.8 cm³/mol. The van der Waals surface area contributed by atoms with Gasteiger partial charge in [0.2, 0.25) is 0 Å². The molecule has 0 radical (unpaired) electrons. The summed E-state index contributed by atoms with van der Waals surface area (Å²) in [5.41, 5.74) is 1.88. The third-order valence-electron chi connectivity index (χ3n) is 2.10. The lowest BCUT2D eigenvalue weighted by atomic mass is 9.82. The second-order valence-corrected chi connectivity index (χ2v) is 6.80. The highest BCUT2D eigenvalue weighted by Crippen LogP contribution is 2.30. The van der Waals surface area contributed by atoms with Crippen LogP contribution in [-0.2, 0) is 6.42 Å². The number of rotatable bonds is 4. The van der Waals surface area contributed by atoms with Crippen LogP contribution < -0.4 is 0 Å². The maximum atomic E-state index is 3.62. The van der Waals surface area contributed by atoms with E-state index < -0.39 is 0 Å². The van der Waals surface area contributed by atoms with E-state index in [0.717, 1.165) is 0 Å². The Kier molecular flexibility index (Phi) is 3.99. The van der Waals surface area contributed by atoms with Crippen molar-refractivity contribution in [3.63, 3.8) is 0 Å². The van der Waals surface area contributed by atoms with Gasteiger partial charge in [0.15, 0.2) is 0 Å². The van der Waals surface area contributed by atoms with Gasteiger partial charge < -0.3 is 0 Å². The number of hydrogen-bond donors (Lipinski definition) is 0. The molecule has 0 saturated heterocycles. The molecule has 1 atom stereocenters. The number of alkyl halides is 1. The molecule has 0 fully saturated rings. The Balaban J connectivity index is 2.51. The van der Waals surface area contributed by atoms with Gasteiger partial charge in [0.25, 0.3) is 0 Å². The molecule has 1 aromatic heterocycles. The summed E-state index contributed by atoms with van der Waals surface area (Å²) in [6.45, 7) is 6.89. The van der Waals surface area contributed by atoms with E-state index >= 15 is 0 Å². The van der Waals surface area contributed by atoms with Gasteiger partial charge in [-0.15, -0.1) is 0 Å². The number of thiophene rings is 1. The van der Waals surface area contributed by atoms with Crippen molar-refractivity contribution in [2.45, 2.75) is 38.4 Å². The van der Waals surface area contributed by atoms with Crippen LogP contribution in [0, 0.1) is 5.41 Å². The largest absolute Gasteiger partial charge is 0.152 e. The second kappa shape index (κ2) is 4.61. The molecule has 0 N–H and O–H groups in total. The van der Waals surface area contributed by atoms with Gasteiger partial charge in [-0.2, -0.15) is 11.3 Å². The first kappa shape index (κ1) is 11.3. The minimum Gasteiger partial charge on any atom is -0.152 e. The van der Waals surface area contributed by atoms with E-state index in [9.17, 15) is 0 Å². The van der Waals surface area contributed by atoms with Crippen molar-refractivity contribution in [2.75, 3.05) is 0 Å². The maximum Gasteiger partial charge on any atom is 0.0122 e. The fourth-order valence-corrected chi connectivity index (χ4v) is 3.32. The van der Waals surface area contributed by atoms with Gasteiger partial charge in [-0.1, -0.05) is 36.7 Å². The first-order chi connectivity index (χ1) is 5.99. The Bertz CT molecular complexity index is 237. The monoisotopic (exact) mass is 260 g/mol. The fourth-order valence-electron chi connectivity index (χ4n) is 1.78. The summed E-state index contributed by atoms with van der Waals surface area (Å²) in [6.07, 6.45) is 2.41. The molecule has 1 aromatic rings. The van der Waals surface area contributed by atoms with Crippen molar-refractivity contribution in [3.8, 4) is 0 Å². The molecule has 0 aliphatic heterocycles. The summed E-state index contributed by atoms with van der Waals surface area (Å²) in [6, 6.07) is 2.23. The third kappa shape index (κ3) is 4.28. The zero-order chi connectivity index (χ0) is 9.90. The molecule has 0 amide bonds. The van der Waals surface area contributed by atoms with E-state index in [1.54, 1.807) is 11.3 Å². The molecular formula is C11H17BrS. The molecule has 13 heavy (non-hydrogen) atoms. The van der Waals surface area contributed by atoms with E-state index in [0.29, 0.717) is 10.2 Å². The smallest absolute Gasteiger partial charge is 0.0122 e. The highest BCUT2D eigenvalue weighted by molar-refractivity contribution is 9.09. The quantitative estimate of drug-likeness (QED) is 0.700. The van der Waals surface area contributed by atoms with Gasteiger partial charge in [0, 0.05) is 4.83 Å². The van der Waals surface area contributed by atoms with Crippen LogP contribution in [0.25, 0.3) is 0 Å². The Hall–Kier alpha value is 0.180. The van der Waals surface area contributed by atoms with Gasteiger partial charge in [-0.3, -0.25) is 0 Å². The molecule has 2 heteroatoms. The van der Waals surface area contributed by atoms with Crippen LogP contribution in [0.3, 0.4) is 0 Å². The zero-order valence-electron chi connectivity index (χ0n) is 8.51. The highest BCUT2D eigenvalue weighted by Gasteiger charge is 2.20. The van der Waals surface area contributed by atoms with Crippen LogP contribution in [0.15, 0.2) is 16.8 Å². The van der Waals surface area contributed by atoms with E-state index in [1.165, 1.54) is 18.4 Å². The van der Waals surface area contributed by atoms with Crippen molar-refractivity contribution in [1.29, 1.82) is 0 Å². The van der Waals surface area contributed by atoms with Gasteiger partial charge in [-0.05, 0) is 40.6 Å². The Labute approximate surface area is 93.5 Å². The van der Waals surface area contributed by atoms with Crippen LogP contribution >= 0.6 is 27.3 Å². The van der Waals surface area contributed by atoms with Crippen molar-refractivity contribution in [3.05, 3.63) is 22.4 Å². The minimum atomic E-state index is 0.407. The van der Waals surface area contributed by atoms with Gasteiger partial charge in [-0.25, -0.2) is 0 Å². The van der Waals surface area contributed by atoms with Gasteiger partial charge >= 0.3 is 0 Å². The molecule has 0 aliphatic rings. The molecule has 0 saturated carbocycles. The lowest BCUT2D eigenvalue weighted by molar-refractivity contribution is 0.335. The molecule has 0 nitrogen and oxygen atoms in total. The van der Waals surface area contributed by atoms with E-state index in [-0.39, 0.29) is 0 Å². The average molecular weight is 261 g/mol. The lowest BCUT2D eigenvalue weighted by Gasteiger charge is -2.25. The standard InChI is InChI=1S/C11H17BrS/c1-9(12)6-11(2,3)7-10-4-5-13-8-10/h4-5,8-9H,6-7H2,1-3H3. The minimum absolute atomic E-state index is 0.407. The zero-order valence-corrected chi connectivity index (χ0v) is 10.9. The lowest BCUT2D eigenvalue weighted by Crippen LogP contribution is -2.18. The molecule has 0 bridgehead atoms. The molecule has 1 heterocycles. The molecular weight excluding hydrogens is 244 g/mol. The average Bonchev–Trinajstić information content (AvgIpc) is 2.34. The normalized spacial score (nSPS) is 14.5. The molecule has 0 aromatic carbocycles. The van der Waals surface area contributed by atoms with Gasteiger partial charge in [0.05, 0.1) is 0 Å². The Morgan fingerprint density at radius 3 is 2.69 bits per heavy atom. The second-order valence-electron chi connectivity index (χ2n) is 4.46. The molecule has 0 aliphatic carbocycles. The van der Waals surface area contributed by atoms with Crippen LogP contribution in [0.4, 0.5) is 0 Å². The first-order valence-electron chi connectivity index (χ1n) is 4.65. The van der Waals surface area contributed by atoms with Crippen molar-refractivity contribution in [2.24, 2.45) is 5.41 Å². The third-order valence-corrected chi connectivity index (χ3v) is 3.15. The van der Waals surface area contributed by atoms with Crippen LogP contribution in [0.5, 0.6) is 0 Å². The predicted octanol–water partition coefficient (Wildman–Crippen LogP) is 4.49. The summed E-state index contributed by atoms with van der Waals surface area (Å²) in [4.78, 5) is 0.612. The van der Waals surface area contributed by atoms with Crippen molar-refractivity contribution >= 4 is 27.3 Å². The fraction of sp³-hybridized carbons (Fsp3) is 0.636. The van der Waals surface area contributed by atoms with Gasteiger partial charge in [0.1, 0.15) is 0 Å². The first-order valence-corrected chi connectivity index (χ1v) is 6.51. The molecule has 74 valence electrons. The SMILES string of the molecule is CC(Br)CC(C)(C)Cc1ccsc1. The van der Waals surface area contributed by atoms with Crippen molar-refractivity contribution < 1.29 is 0 Å². The van der Waals surface area contributed by atoms with Crippen LogP contribution in [0.2, 0.25) is 0 Å². The number of hydrogen-bond acceptors (Lipinski definition) is 1. The summed E-state index contributed by atoms with van der Waals surface area (Å²) >= 11 is 5.40. The van der Waals surface area contributed by atoms with E-state index in [4.69, 9.17) is 0 Å². The summed E-state index contributed by atoms with van der Waals surface area (Å²) < 4.78 is 0. The summed E-state index contributed by atoms with van der Waals surface area (Å²) in [5.74, 6) is 0. The molecule has 1 rings (SSSR count). The summed E-state index contributed by atoms with van der Waals surface area (Å²) in [5, 5.41) is 4.41. The summed E-state index contributed by atoms with van der Waals surface area (Å²) in [7, 11) is 0. The van der Waals surface area contributed by atoms with Crippen molar-refractivity contribution in [1.82, 2.24) is 0 Å². The van der Waals surface area contributed by atoms with E-state index in [1.807, 2.05) is 0 Å². The number of halogens is 1.